The van der Waals surface area contributed by atoms with Crippen LogP contribution < -0.4 is 0 Å². The molecule has 0 radical (unpaired) electrons. The molecule has 4 aromatic rings. The number of aromatic hydroxyl groups is 2. The van der Waals surface area contributed by atoms with Gasteiger partial charge in [-0.1, -0.05) is 60.7 Å². The molecular formula is C29H22O3. The van der Waals surface area contributed by atoms with Gasteiger partial charge in [-0.15, -0.1) is 0 Å². The quantitative estimate of drug-likeness (QED) is 0.389. The van der Waals surface area contributed by atoms with E-state index < -0.39 is 0 Å². The summed E-state index contributed by atoms with van der Waals surface area (Å²) >= 11 is 0. The molecule has 0 aliphatic heterocycles. The Labute approximate surface area is 186 Å². The summed E-state index contributed by atoms with van der Waals surface area (Å²) in [5, 5.41) is 19.2. The summed E-state index contributed by atoms with van der Waals surface area (Å²) in [5.41, 5.74) is 7.72. The van der Waals surface area contributed by atoms with Crippen molar-refractivity contribution in [3.63, 3.8) is 0 Å². The molecule has 3 heteroatoms. The van der Waals surface area contributed by atoms with Gasteiger partial charge in [-0.3, -0.25) is 4.79 Å². The van der Waals surface area contributed by atoms with E-state index in [-0.39, 0.29) is 17.3 Å². The number of benzene rings is 4. The summed E-state index contributed by atoms with van der Waals surface area (Å²) in [5.74, 6) is 0.467. The zero-order valence-corrected chi connectivity index (χ0v) is 17.5. The van der Waals surface area contributed by atoms with E-state index in [0.29, 0.717) is 6.42 Å². The molecular weight excluding hydrogens is 396 g/mol. The molecule has 0 fully saturated rings. The highest BCUT2D eigenvalue weighted by molar-refractivity contribution is 6.16. The number of rotatable bonds is 4. The van der Waals surface area contributed by atoms with Crippen LogP contribution in [0, 0.1) is 0 Å². The number of ketones is 1. The Morgan fingerprint density at radius 3 is 2.09 bits per heavy atom. The third-order valence-electron chi connectivity index (χ3n) is 5.92. The molecule has 156 valence electrons. The van der Waals surface area contributed by atoms with Crippen molar-refractivity contribution in [2.45, 2.75) is 12.8 Å². The fourth-order valence-corrected chi connectivity index (χ4v) is 4.27. The largest absolute Gasteiger partial charge is 0.508 e. The Balaban J connectivity index is 1.60. The number of allylic oxidation sites excluding steroid dienone is 1. The van der Waals surface area contributed by atoms with Crippen molar-refractivity contribution in [2.75, 3.05) is 0 Å². The fraction of sp³-hybridized carbons (Fsp3) is 0.0690. The molecule has 0 saturated carbocycles. The van der Waals surface area contributed by atoms with Crippen molar-refractivity contribution in [3.8, 4) is 22.6 Å². The van der Waals surface area contributed by atoms with Crippen LogP contribution in [0.3, 0.4) is 0 Å². The van der Waals surface area contributed by atoms with Gasteiger partial charge in [0.25, 0.3) is 0 Å². The lowest BCUT2D eigenvalue weighted by molar-refractivity contribution is 0.104. The molecule has 0 saturated heterocycles. The number of hydrogen-bond acceptors (Lipinski definition) is 3. The second kappa shape index (κ2) is 8.20. The van der Waals surface area contributed by atoms with Gasteiger partial charge in [-0.2, -0.15) is 0 Å². The van der Waals surface area contributed by atoms with E-state index in [4.69, 9.17) is 0 Å². The minimum Gasteiger partial charge on any atom is -0.508 e. The zero-order valence-electron chi connectivity index (χ0n) is 17.5. The summed E-state index contributed by atoms with van der Waals surface area (Å²) in [6.07, 6.45) is 3.25. The second-order valence-corrected chi connectivity index (χ2v) is 8.14. The number of carbonyl (C=O) groups is 1. The lowest BCUT2D eigenvalue weighted by atomic mass is 9.92. The zero-order chi connectivity index (χ0) is 22.1. The lowest BCUT2D eigenvalue weighted by Gasteiger charge is -2.12. The van der Waals surface area contributed by atoms with Gasteiger partial charge in [0, 0.05) is 17.6 Å². The molecule has 0 heterocycles. The van der Waals surface area contributed by atoms with E-state index >= 15 is 0 Å². The van der Waals surface area contributed by atoms with E-state index in [0.717, 1.165) is 45.4 Å². The maximum absolute atomic E-state index is 13.4. The SMILES string of the molecule is O=C1/C(=C/c2ccc(O)cc2)Cc2c(Cc3ccccc3)cc(-c3ccc(O)cc3)cc21. The predicted molar refractivity (Wildman–Crippen MR) is 127 cm³/mol. The van der Waals surface area contributed by atoms with Gasteiger partial charge < -0.3 is 10.2 Å². The number of hydrogen-bond donors (Lipinski definition) is 2. The summed E-state index contributed by atoms with van der Waals surface area (Å²) in [6.45, 7) is 0. The Hall–Kier alpha value is -4.11. The van der Waals surface area contributed by atoms with Gasteiger partial charge in [0.2, 0.25) is 0 Å². The minimum atomic E-state index is 0.0445. The van der Waals surface area contributed by atoms with Crippen LogP contribution in [0.2, 0.25) is 0 Å². The molecule has 5 rings (SSSR count). The van der Waals surface area contributed by atoms with E-state index in [9.17, 15) is 15.0 Å². The third-order valence-corrected chi connectivity index (χ3v) is 5.92. The Kier molecular flexibility index (Phi) is 5.08. The normalized spacial score (nSPS) is 14.0. The van der Waals surface area contributed by atoms with Crippen LogP contribution in [0.15, 0.2) is 96.6 Å². The first-order valence-corrected chi connectivity index (χ1v) is 10.6. The third kappa shape index (κ3) is 3.93. The average Bonchev–Trinajstić information content (AvgIpc) is 3.12. The fourth-order valence-electron chi connectivity index (χ4n) is 4.27. The standard InChI is InChI=1S/C29H22O3/c30-25-10-6-20(7-11-25)15-24-18-27-23(14-19-4-2-1-3-5-19)16-22(17-28(27)29(24)32)21-8-12-26(31)13-9-21/h1-13,15-17,30-31H,14,18H2/b24-15+. The molecule has 0 bridgehead atoms. The van der Waals surface area contributed by atoms with Crippen molar-refractivity contribution in [1.29, 1.82) is 0 Å². The molecule has 1 aliphatic carbocycles. The highest BCUT2D eigenvalue weighted by Gasteiger charge is 2.28. The number of carbonyl (C=O) groups excluding carboxylic acids is 1. The van der Waals surface area contributed by atoms with Crippen LogP contribution >= 0.6 is 0 Å². The molecule has 4 aromatic carbocycles. The highest BCUT2D eigenvalue weighted by Crippen LogP contribution is 2.36. The number of Topliss-reactive ketones (excluding diaryl/α,β-unsaturated/α-hetero) is 1. The van der Waals surface area contributed by atoms with Crippen LogP contribution in [0.5, 0.6) is 11.5 Å². The Morgan fingerprint density at radius 2 is 1.41 bits per heavy atom. The van der Waals surface area contributed by atoms with Gasteiger partial charge in [0.1, 0.15) is 11.5 Å². The summed E-state index contributed by atoms with van der Waals surface area (Å²) in [7, 11) is 0. The van der Waals surface area contributed by atoms with Crippen LogP contribution in [0.25, 0.3) is 17.2 Å². The van der Waals surface area contributed by atoms with Crippen LogP contribution in [0.1, 0.15) is 32.6 Å². The molecule has 0 aromatic heterocycles. The predicted octanol–water partition coefficient (Wildman–Crippen LogP) is 6.18. The molecule has 2 N–H and O–H groups in total. The Bertz CT molecular complexity index is 1320. The van der Waals surface area contributed by atoms with E-state index in [2.05, 4.69) is 18.2 Å². The van der Waals surface area contributed by atoms with E-state index in [1.807, 2.05) is 54.6 Å². The van der Waals surface area contributed by atoms with Gasteiger partial charge >= 0.3 is 0 Å². The maximum atomic E-state index is 13.4. The molecule has 0 unspecified atom stereocenters. The van der Waals surface area contributed by atoms with Crippen molar-refractivity contribution >= 4 is 11.9 Å². The molecule has 0 atom stereocenters. The van der Waals surface area contributed by atoms with E-state index in [1.54, 1.807) is 24.3 Å². The molecule has 3 nitrogen and oxygen atoms in total. The first-order valence-electron chi connectivity index (χ1n) is 10.6. The summed E-state index contributed by atoms with van der Waals surface area (Å²) < 4.78 is 0. The topological polar surface area (TPSA) is 57.5 Å². The highest BCUT2D eigenvalue weighted by atomic mass is 16.3. The molecule has 0 spiro atoms. The average molecular weight is 418 g/mol. The second-order valence-electron chi connectivity index (χ2n) is 8.14. The minimum absolute atomic E-state index is 0.0445. The van der Waals surface area contributed by atoms with Crippen LogP contribution in [-0.2, 0) is 12.8 Å². The molecule has 1 aliphatic rings. The smallest absolute Gasteiger partial charge is 0.189 e. The molecule has 0 amide bonds. The van der Waals surface area contributed by atoms with Gasteiger partial charge in [-0.25, -0.2) is 0 Å². The monoisotopic (exact) mass is 418 g/mol. The van der Waals surface area contributed by atoms with Crippen molar-refractivity contribution in [3.05, 3.63) is 124 Å². The van der Waals surface area contributed by atoms with Crippen molar-refractivity contribution in [1.82, 2.24) is 0 Å². The van der Waals surface area contributed by atoms with Gasteiger partial charge in [0.15, 0.2) is 5.78 Å². The van der Waals surface area contributed by atoms with E-state index in [1.165, 1.54) is 5.56 Å². The summed E-state index contributed by atoms with van der Waals surface area (Å²) in [4.78, 5) is 13.4. The maximum Gasteiger partial charge on any atom is 0.189 e. The van der Waals surface area contributed by atoms with Crippen molar-refractivity contribution in [2.24, 2.45) is 0 Å². The first-order chi connectivity index (χ1) is 15.6. The number of fused-ring (bicyclic) bond motifs is 1. The number of phenols is 2. The van der Waals surface area contributed by atoms with Gasteiger partial charge in [-0.05, 0) is 76.2 Å². The van der Waals surface area contributed by atoms with Crippen molar-refractivity contribution < 1.29 is 15.0 Å². The first kappa shape index (κ1) is 19.8. The lowest BCUT2D eigenvalue weighted by Crippen LogP contribution is -1.99. The van der Waals surface area contributed by atoms with Crippen LogP contribution in [0.4, 0.5) is 0 Å². The van der Waals surface area contributed by atoms with Crippen LogP contribution in [-0.4, -0.2) is 16.0 Å². The Morgan fingerprint density at radius 1 is 0.750 bits per heavy atom. The van der Waals surface area contributed by atoms with Gasteiger partial charge in [0.05, 0.1) is 0 Å². The molecule has 32 heavy (non-hydrogen) atoms. The number of phenolic OH excluding ortho intramolecular Hbond substituents is 2. The summed E-state index contributed by atoms with van der Waals surface area (Å²) in [6, 6.07) is 28.3.